The Labute approximate surface area is 207 Å². The van der Waals surface area contributed by atoms with Gasteiger partial charge in [0, 0.05) is 11.4 Å². The number of carbonyl (C=O) groups excluding carboxylic acids is 1. The molecule has 0 radical (unpaired) electrons. The summed E-state index contributed by atoms with van der Waals surface area (Å²) in [5, 5.41) is 2.63. The third-order valence-corrected chi connectivity index (χ3v) is 8.09. The number of nitrogens with one attached hydrogen (secondary N) is 2. The number of hydrogen-bond donors (Lipinski definition) is 2. The first-order valence-electron chi connectivity index (χ1n) is 10.8. The number of sulfonamides is 2. The minimum atomic E-state index is -3.82. The minimum absolute atomic E-state index is 0.0297. The van der Waals surface area contributed by atoms with Gasteiger partial charge in [-0.2, -0.15) is 0 Å². The first kappa shape index (κ1) is 26.2. The molecule has 0 bridgehead atoms. The van der Waals surface area contributed by atoms with Crippen LogP contribution >= 0.6 is 0 Å². The topological polar surface area (TPSA) is 113 Å². The Hall–Kier alpha value is -3.37. The highest BCUT2D eigenvalue weighted by molar-refractivity contribution is 7.92. The van der Waals surface area contributed by atoms with Crippen molar-refractivity contribution >= 4 is 43.0 Å². The molecule has 2 N–H and O–H groups in total. The number of rotatable bonds is 8. The Bertz CT molecular complexity index is 1450. The van der Waals surface area contributed by atoms with Crippen molar-refractivity contribution in [3.63, 3.8) is 0 Å². The zero-order chi connectivity index (χ0) is 26.0. The zero-order valence-electron chi connectivity index (χ0n) is 20.3. The maximum atomic E-state index is 12.7. The fourth-order valence-corrected chi connectivity index (χ4v) is 5.65. The first-order valence-corrected chi connectivity index (χ1v) is 14.1. The van der Waals surface area contributed by atoms with Crippen LogP contribution in [0.5, 0.6) is 0 Å². The van der Waals surface area contributed by atoms with Crippen LogP contribution in [-0.4, -0.2) is 35.5 Å². The molecule has 0 heterocycles. The van der Waals surface area contributed by atoms with E-state index in [2.05, 4.69) is 10.0 Å². The van der Waals surface area contributed by atoms with Crippen LogP contribution in [0, 0.1) is 27.7 Å². The number of anilines is 3. The van der Waals surface area contributed by atoms with Gasteiger partial charge in [0.05, 0.1) is 16.8 Å². The molecule has 35 heavy (non-hydrogen) atoms. The summed E-state index contributed by atoms with van der Waals surface area (Å²) in [5.41, 5.74) is 4.74. The van der Waals surface area contributed by atoms with Crippen molar-refractivity contribution in [3.8, 4) is 0 Å². The summed E-state index contributed by atoms with van der Waals surface area (Å²) in [6.07, 6.45) is 1.05. The fraction of sp³-hybridized carbons (Fsp3) is 0.240. The van der Waals surface area contributed by atoms with Crippen molar-refractivity contribution in [1.29, 1.82) is 0 Å². The Kier molecular flexibility index (Phi) is 7.56. The molecule has 0 saturated carbocycles. The highest BCUT2D eigenvalue weighted by Crippen LogP contribution is 2.27. The highest BCUT2D eigenvalue weighted by atomic mass is 32.2. The highest BCUT2D eigenvalue weighted by Gasteiger charge is 2.24. The number of para-hydroxylation sites is 1. The summed E-state index contributed by atoms with van der Waals surface area (Å²) in [7, 11) is -7.55. The molecule has 0 aliphatic heterocycles. The molecule has 0 aliphatic carbocycles. The number of nitrogens with zero attached hydrogens (tertiary/aromatic N) is 1. The Balaban J connectivity index is 1.75. The van der Waals surface area contributed by atoms with Crippen molar-refractivity contribution in [3.05, 3.63) is 82.9 Å². The van der Waals surface area contributed by atoms with Gasteiger partial charge in [-0.3, -0.25) is 13.8 Å². The molecule has 3 aromatic carbocycles. The van der Waals surface area contributed by atoms with Crippen molar-refractivity contribution < 1.29 is 21.6 Å². The number of carbonyl (C=O) groups is 1. The summed E-state index contributed by atoms with van der Waals surface area (Å²) < 4.78 is 54.0. The SMILES string of the molecule is Cc1ccc(NS(=O)(=O)c2ccc(NC(=O)CN(c3c(C)cccc3C)S(C)(=O)=O)cc2)cc1C. The summed E-state index contributed by atoms with van der Waals surface area (Å²) in [4.78, 5) is 12.7. The second-order valence-corrected chi connectivity index (χ2v) is 12.1. The van der Waals surface area contributed by atoms with Gasteiger partial charge in [-0.25, -0.2) is 16.8 Å². The summed E-state index contributed by atoms with van der Waals surface area (Å²) in [6, 6.07) is 16.3. The molecule has 0 aromatic heterocycles. The Morgan fingerprint density at radius 3 is 1.89 bits per heavy atom. The number of benzene rings is 3. The molecule has 3 rings (SSSR count). The molecular weight excluding hydrogens is 486 g/mol. The maximum Gasteiger partial charge on any atom is 0.261 e. The quantitative estimate of drug-likeness (QED) is 0.469. The standard InChI is InChI=1S/C25H29N3O5S2/c1-17-9-10-22(15-20(17)4)27-35(32,33)23-13-11-21(12-14-23)26-24(29)16-28(34(5,30)31)25-18(2)7-6-8-19(25)3/h6-15,27H,16H2,1-5H3,(H,26,29). The van der Waals surface area contributed by atoms with Crippen LogP contribution in [0.1, 0.15) is 22.3 Å². The molecule has 0 aliphatic rings. The normalized spacial score (nSPS) is 11.7. The molecule has 3 aromatic rings. The number of hydrogen-bond acceptors (Lipinski definition) is 5. The average Bonchev–Trinajstić information content (AvgIpc) is 2.75. The van der Waals surface area contributed by atoms with Crippen LogP contribution < -0.4 is 14.3 Å². The zero-order valence-corrected chi connectivity index (χ0v) is 21.9. The second kappa shape index (κ2) is 10.1. The Morgan fingerprint density at radius 2 is 1.34 bits per heavy atom. The van der Waals surface area contributed by atoms with Gasteiger partial charge in [-0.1, -0.05) is 24.3 Å². The molecule has 0 spiro atoms. The molecule has 0 saturated heterocycles. The van der Waals surface area contributed by atoms with Gasteiger partial charge in [0.2, 0.25) is 15.9 Å². The van der Waals surface area contributed by atoms with Crippen LogP contribution in [0.4, 0.5) is 17.1 Å². The molecule has 186 valence electrons. The smallest absolute Gasteiger partial charge is 0.261 e. The molecule has 1 amide bonds. The minimum Gasteiger partial charge on any atom is -0.325 e. The summed E-state index contributed by atoms with van der Waals surface area (Å²) in [5.74, 6) is -0.554. The maximum absolute atomic E-state index is 12.7. The molecule has 0 unspecified atom stereocenters. The van der Waals surface area contributed by atoms with Crippen LogP contribution in [0.3, 0.4) is 0 Å². The van der Waals surface area contributed by atoms with E-state index in [0.717, 1.165) is 32.8 Å². The molecule has 0 fully saturated rings. The van der Waals surface area contributed by atoms with E-state index < -0.39 is 32.5 Å². The van der Waals surface area contributed by atoms with E-state index in [-0.39, 0.29) is 4.90 Å². The van der Waals surface area contributed by atoms with Crippen molar-refractivity contribution in [1.82, 2.24) is 0 Å². The van der Waals surface area contributed by atoms with Crippen LogP contribution in [0.25, 0.3) is 0 Å². The predicted octanol–water partition coefficient (Wildman–Crippen LogP) is 4.13. The van der Waals surface area contributed by atoms with Gasteiger partial charge in [-0.05, 0) is 86.3 Å². The van der Waals surface area contributed by atoms with Crippen LogP contribution in [0.15, 0.2) is 65.6 Å². The second-order valence-electron chi connectivity index (χ2n) is 8.49. The number of amides is 1. The molecule has 0 atom stereocenters. The van der Waals surface area contributed by atoms with Crippen molar-refractivity contribution in [2.45, 2.75) is 32.6 Å². The van der Waals surface area contributed by atoms with E-state index in [9.17, 15) is 21.6 Å². The van der Waals surface area contributed by atoms with Crippen molar-refractivity contribution in [2.24, 2.45) is 0 Å². The van der Waals surface area contributed by atoms with Crippen molar-refractivity contribution in [2.75, 3.05) is 27.1 Å². The lowest BCUT2D eigenvalue weighted by Crippen LogP contribution is -2.38. The average molecular weight is 516 g/mol. The van der Waals surface area contributed by atoms with E-state index in [0.29, 0.717) is 17.1 Å². The third-order valence-electron chi connectivity index (χ3n) is 5.58. The molecule has 8 nitrogen and oxygen atoms in total. The fourth-order valence-electron chi connectivity index (χ4n) is 3.63. The van der Waals surface area contributed by atoms with Gasteiger partial charge in [-0.15, -0.1) is 0 Å². The molecular formula is C25H29N3O5S2. The van der Waals surface area contributed by atoms with E-state index in [4.69, 9.17) is 0 Å². The van der Waals surface area contributed by atoms with E-state index in [1.54, 1.807) is 38.1 Å². The lowest BCUT2D eigenvalue weighted by Gasteiger charge is -2.25. The summed E-state index contributed by atoms with van der Waals surface area (Å²) >= 11 is 0. The first-order chi connectivity index (χ1) is 16.3. The van der Waals surface area contributed by atoms with Crippen LogP contribution in [-0.2, 0) is 24.8 Å². The van der Waals surface area contributed by atoms with Gasteiger partial charge >= 0.3 is 0 Å². The van der Waals surface area contributed by atoms with Gasteiger partial charge < -0.3 is 5.32 Å². The van der Waals surface area contributed by atoms with Crippen LogP contribution in [0.2, 0.25) is 0 Å². The Morgan fingerprint density at radius 1 is 0.771 bits per heavy atom. The van der Waals surface area contributed by atoms with E-state index >= 15 is 0 Å². The lowest BCUT2D eigenvalue weighted by molar-refractivity contribution is -0.114. The van der Waals surface area contributed by atoms with Gasteiger partial charge in [0.1, 0.15) is 6.54 Å². The van der Waals surface area contributed by atoms with Gasteiger partial charge in [0.15, 0.2) is 0 Å². The third kappa shape index (κ3) is 6.40. The lowest BCUT2D eigenvalue weighted by atomic mass is 10.1. The van der Waals surface area contributed by atoms with Gasteiger partial charge in [0.25, 0.3) is 10.0 Å². The monoisotopic (exact) mass is 515 g/mol. The summed E-state index contributed by atoms with van der Waals surface area (Å²) in [6.45, 7) is 6.99. The predicted molar refractivity (Wildman–Crippen MR) is 140 cm³/mol. The van der Waals surface area contributed by atoms with E-state index in [1.807, 2.05) is 26.0 Å². The largest absolute Gasteiger partial charge is 0.325 e. The molecule has 10 heteroatoms. The number of aryl methyl sites for hydroxylation is 4. The van der Waals surface area contributed by atoms with E-state index in [1.165, 1.54) is 24.3 Å².